The van der Waals surface area contributed by atoms with Crippen molar-refractivity contribution >= 4 is 34.7 Å². The Hall–Kier alpha value is -5.30. The number of hydrogen-bond acceptors (Lipinski definition) is 7. The molecule has 0 atom stereocenters. The number of esters is 2. The smallest absolute Gasteiger partial charge is 0.343 e. The summed E-state index contributed by atoms with van der Waals surface area (Å²) in [5, 5.41) is 5.30. The lowest BCUT2D eigenvalue weighted by Gasteiger charge is -2.11. The first-order chi connectivity index (χ1) is 18.2. The Morgan fingerprint density at radius 1 is 0.703 bits per heavy atom. The molecule has 4 aromatic carbocycles. The molecule has 0 aliphatic rings. The summed E-state index contributed by atoms with van der Waals surface area (Å²) in [5.41, 5.74) is 5.91. The first-order valence-electron chi connectivity index (χ1n) is 11.5. The number of nitrogens with zero attached hydrogens (tertiary/aromatic N) is 2. The van der Waals surface area contributed by atoms with Crippen LogP contribution in [0.15, 0.2) is 120 Å². The summed E-state index contributed by atoms with van der Waals surface area (Å²) in [6.45, 7) is 0. The van der Waals surface area contributed by atoms with Gasteiger partial charge in [0, 0.05) is 11.6 Å². The molecule has 1 heterocycles. The molecule has 0 radical (unpaired) electrons. The average Bonchev–Trinajstić information content (AvgIpc) is 2.95. The van der Waals surface area contributed by atoms with Crippen LogP contribution >= 0.6 is 0 Å². The van der Waals surface area contributed by atoms with E-state index in [1.54, 1.807) is 91.3 Å². The number of hydrazone groups is 1. The topological polar surface area (TPSA) is 89.9 Å². The van der Waals surface area contributed by atoms with E-state index >= 15 is 0 Å². The summed E-state index contributed by atoms with van der Waals surface area (Å²) in [6, 6.07) is 31.6. The van der Waals surface area contributed by atoms with Crippen LogP contribution in [0, 0.1) is 0 Å². The van der Waals surface area contributed by atoms with Gasteiger partial charge in [0.2, 0.25) is 0 Å². The van der Waals surface area contributed by atoms with Gasteiger partial charge in [0.1, 0.15) is 0 Å². The molecule has 5 aromatic rings. The van der Waals surface area contributed by atoms with Crippen molar-refractivity contribution in [2.24, 2.45) is 5.10 Å². The number of benzene rings is 4. The molecule has 1 aromatic heterocycles. The molecule has 0 aliphatic carbocycles. The number of aromatic nitrogens is 1. The van der Waals surface area contributed by atoms with Gasteiger partial charge in [-0.3, -0.25) is 10.4 Å². The SMILES string of the molecule is O=C(Oc1ccc(/C=N\Nc2cccc3cccnc23)cc1OC(=O)c1ccccc1)c1ccccc1. The van der Waals surface area contributed by atoms with E-state index in [1.165, 1.54) is 0 Å². The quantitative estimate of drug-likeness (QED) is 0.129. The van der Waals surface area contributed by atoms with Gasteiger partial charge in [-0.25, -0.2) is 9.59 Å². The van der Waals surface area contributed by atoms with Crippen LogP contribution in [0.3, 0.4) is 0 Å². The van der Waals surface area contributed by atoms with Crippen molar-refractivity contribution in [2.75, 3.05) is 5.43 Å². The Morgan fingerprint density at radius 3 is 2.05 bits per heavy atom. The van der Waals surface area contributed by atoms with Crippen LogP contribution in [0.1, 0.15) is 26.3 Å². The van der Waals surface area contributed by atoms with Crippen LogP contribution in [-0.4, -0.2) is 23.1 Å². The predicted molar refractivity (Wildman–Crippen MR) is 142 cm³/mol. The normalized spacial score (nSPS) is 10.8. The molecule has 0 saturated carbocycles. The fourth-order valence-corrected chi connectivity index (χ4v) is 3.61. The number of fused-ring (bicyclic) bond motifs is 1. The molecule has 0 aliphatic heterocycles. The third-order valence-electron chi connectivity index (χ3n) is 5.42. The van der Waals surface area contributed by atoms with Gasteiger partial charge in [0.25, 0.3) is 0 Å². The van der Waals surface area contributed by atoms with Crippen LogP contribution in [0.5, 0.6) is 11.5 Å². The zero-order valence-corrected chi connectivity index (χ0v) is 19.6. The molecule has 7 nitrogen and oxygen atoms in total. The number of ether oxygens (including phenoxy) is 2. The van der Waals surface area contributed by atoms with Crippen LogP contribution < -0.4 is 14.9 Å². The van der Waals surface area contributed by atoms with Crippen LogP contribution in [-0.2, 0) is 0 Å². The Bertz CT molecular complexity index is 1580. The Kier molecular flexibility index (Phi) is 6.95. The van der Waals surface area contributed by atoms with Crippen molar-refractivity contribution in [2.45, 2.75) is 0 Å². The summed E-state index contributed by atoms with van der Waals surface area (Å²) in [7, 11) is 0. The lowest BCUT2D eigenvalue weighted by molar-refractivity contribution is 0.0682. The Morgan fingerprint density at radius 2 is 1.35 bits per heavy atom. The molecule has 0 saturated heterocycles. The fourth-order valence-electron chi connectivity index (χ4n) is 3.61. The second-order valence-corrected chi connectivity index (χ2v) is 7.97. The van der Waals surface area contributed by atoms with E-state index in [0.29, 0.717) is 16.7 Å². The summed E-state index contributed by atoms with van der Waals surface area (Å²) in [4.78, 5) is 29.8. The highest BCUT2D eigenvalue weighted by atomic mass is 16.6. The molecular formula is C30H21N3O4. The molecule has 0 fully saturated rings. The van der Waals surface area contributed by atoms with Gasteiger partial charge in [0.15, 0.2) is 11.5 Å². The van der Waals surface area contributed by atoms with Gasteiger partial charge in [-0.1, -0.05) is 54.6 Å². The van der Waals surface area contributed by atoms with E-state index in [2.05, 4.69) is 15.5 Å². The molecule has 37 heavy (non-hydrogen) atoms. The standard InChI is InChI=1S/C30H21N3O4/c34-29(23-9-3-1-4-10-23)36-26-17-16-21(19-27(26)37-30(35)24-11-5-2-6-12-24)20-32-33-25-15-7-13-22-14-8-18-31-28(22)25/h1-20,33H/b32-20-. The number of hydrogen-bond donors (Lipinski definition) is 1. The highest BCUT2D eigenvalue weighted by Gasteiger charge is 2.17. The highest BCUT2D eigenvalue weighted by molar-refractivity contribution is 5.94. The Labute approximate surface area is 213 Å². The van der Waals surface area contributed by atoms with Crippen molar-refractivity contribution in [3.8, 4) is 11.5 Å². The van der Waals surface area contributed by atoms with Crippen LogP contribution in [0.4, 0.5) is 5.69 Å². The average molecular weight is 488 g/mol. The van der Waals surface area contributed by atoms with Crippen molar-refractivity contribution < 1.29 is 19.1 Å². The maximum Gasteiger partial charge on any atom is 0.343 e. The number of anilines is 1. The molecular weight excluding hydrogens is 466 g/mol. The molecule has 180 valence electrons. The summed E-state index contributed by atoms with van der Waals surface area (Å²) < 4.78 is 11.2. The van der Waals surface area contributed by atoms with E-state index in [1.807, 2.05) is 30.3 Å². The monoisotopic (exact) mass is 487 g/mol. The predicted octanol–water partition coefficient (Wildman–Crippen LogP) is 6.12. The molecule has 0 unspecified atom stereocenters. The third kappa shape index (κ3) is 5.68. The number of carbonyl (C=O) groups is 2. The van der Waals surface area contributed by atoms with Gasteiger partial charge in [-0.15, -0.1) is 0 Å². The summed E-state index contributed by atoms with van der Waals surface area (Å²) in [5.74, 6) is -0.939. The van der Waals surface area contributed by atoms with Crippen molar-refractivity contribution in [3.05, 3.63) is 132 Å². The second kappa shape index (κ2) is 11.0. The molecule has 7 heteroatoms. The van der Waals surface area contributed by atoms with Gasteiger partial charge in [-0.2, -0.15) is 5.10 Å². The van der Waals surface area contributed by atoms with Crippen molar-refractivity contribution in [3.63, 3.8) is 0 Å². The molecule has 0 amide bonds. The summed E-state index contributed by atoms with van der Waals surface area (Å²) in [6.07, 6.45) is 3.30. The second-order valence-electron chi connectivity index (χ2n) is 7.97. The van der Waals surface area contributed by atoms with E-state index in [0.717, 1.165) is 16.6 Å². The van der Waals surface area contributed by atoms with Gasteiger partial charge >= 0.3 is 11.9 Å². The maximum atomic E-state index is 12.7. The minimum absolute atomic E-state index is 0.0916. The van der Waals surface area contributed by atoms with Gasteiger partial charge in [-0.05, 0) is 60.2 Å². The lowest BCUT2D eigenvalue weighted by atomic mass is 10.2. The van der Waals surface area contributed by atoms with E-state index in [-0.39, 0.29) is 11.5 Å². The number of pyridine rings is 1. The maximum absolute atomic E-state index is 12.7. The zero-order valence-electron chi connectivity index (χ0n) is 19.6. The Balaban J connectivity index is 1.40. The van der Waals surface area contributed by atoms with E-state index in [9.17, 15) is 9.59 Å². The fraction of sp³-hybridized carbons (Fsp3) is 0. The molecule has 0 bridgehead atoms. The van der Waals surface area contributed by atoms with Gasteiger partial charge < -0.3 is 9.47 Å². The van der Waals surface area contributed by atoms with E-state index in [4.69, 9.17) is 9.47 Å². The number of para-hydroxylation sites is 1. The number of nitrogens with one attached hydrogen (secondary N) is 1. The minimum atomic E-state index is -0.577. The number of carbonyl (C=O) groups excluding carboxylic acids is 2. The zero-order chi connectivity index (χ0) is 25.5. The lowest BCUT2D eigenvalue weighted by Crippen LogP contribution is -2.12. The number of rotatable bonds is 7. The first kappa shape index (κ1) is 23.4. The summed E-state index contributed by atoms with van der Waals surface area (Å²) >= 11 is 0. The van der Waals surface area contributed by atoms with Crippen molar-refractivity contribution in [1.82, 2.24) is 4.98 Å². The van der Waals surface area contributed by atoms with E-state index < -0.39 is 11.9 Å². The molecule has 5 rings (SSSR count). The highest BCUT2D eigenvalue weighted by Crippen LogP contribution is 2.30. The van der Waals surface area contributed by atoms with Crippen molar-refractivity contribution in [1.29, 1.82) is 0 Å². The third-order valence-corrected chi connectivity index (χ3v) is 5.42. The largest absolute Gasteiger partial charge is 0.419 e. The minimum Gasteiger partial charge on any atom is -0.419 e. The van der Waals surface area contributed by atoms with Crippen LogP contribution in [0.25, 0.3) is 10.9 Å². The van der Waals surface area contributed by atoms with Gasteiger partial charge in [0.05, 0.1) is 28.5 Å². The molecule has 0 spiro atoms. The molecule has 1 N–H and O–H groups in total. The van der Waals surface area contributed by atoms with Crippen LogP contribution in [0.2, 0.25) is 0 Å². The first-order valence-corrected chi connectivity index (χ1v) is 11.5.